The van der Waals surface area contributed by atoms with Crippen molar-refractivity contribution in [1.29, 1.82) is 0 Å². The number of rotatable bonds is 5. The van der Waals surface area contributed by atoms with E-state index in [1.807, 2.05) is 24.3 Å². The summed E-state index contributed by atoms with van der Waals surface area (Å²) >= 11 is 1.51. The van der Waals surface area contributed by atoms with E-state index in [2.05, 4.69) is 10.1 Å². The van der Waals surface area contributed by atoms with E-state index in [1.54, 1.807) is 13.1 Å². The number of thiazole rings is 1. The van der Waals surface area contributed by atoms with Gasteiger partial charge in [0.1, 0.15) is 16.4 Å². The second kappa shape index (κ2) is 7.28. The summed E-state index contributed by atoms with van der Waals surface area (Å²) in [6, 6.07) is 9.17. The van der Waals surface area contributed by atoms with Crippen molar-refractivity contribution in [2.24, 2.45) is 5.73 Å². The molecule has 0 unspecified atom stereocenters. The van der Waals surface area contributed by atoms with Crippen LogP contribution in [0.1, 0.15) is 52.7 Å². The van der Waals surface area contributed by atoms with E-state index in [9.17, 15) is 14.7 Å². The zero-order valence-corrected chi connectivity index (χ0v) is 17.8. The van der Waals surface area contributed by atoms with Gasteiger partial charge in [-0.1, -0.05) is 29.8 Å². The minimum Gasteiger partial charge on any atom is -0.373 e. The van der Waals surface area contributed by atoms with Crippen LogP contribution in [0.4, 0.5) is 0 Å². The van der Waals surface area contributed by atoms with Gasteiger partial charge in [0, 0.05) is 42.1 Å². The molecular formula is C22H22N4O4S. The third-order valence-corrected chi connectivity index (χ3v) is 7.46. The molecule has 2 aromatic heterocycles. The maximum Gasteiger partial charge on any atom is 0.268 e. The number of hydrogen-bond donors (Lipinski definition) is 2. The first kappa shape index (κ1) is 19.9. The molecule has 1 aliphatic heterocycles. The second-order valence-corrected chi connectivity index (χ2v) is 9.25. The molecule has 1 aliphatic carbocycles. The molecule has 1 saturated heterocycles. The van der Waals surface area contributed by atoms with Crippen LogP contribution in [0.5, 0.6) is 0 Å². The Morgan fingerprint density at radius 2 is 2.10 bits per heavy atom. The van der Waals surface area contributed by atoms with Gasteiger partial charge in [0.2, 0.25) is 5.60 Å². The van der Waals surface area contributed by atoms with E-state index < -0.39 is 17.4 Å². The monoisotopic (exact) mass is 438 g/mol. The highest BCUT2D eigenvalue weighted by molar-refractivity contribution is 7.15. The third kappa shape index (κ3) is 3.24. The van der Waals surface area contributed by atoms with Gasteiger partial charge in [-0.05, 0) is 24.8 Å². The van der Waals surface area contributed by atoms with Gasteiger partial charge < -0.3 is 20.3 Å². The van der Waals surface area contributed by atoms with Crippen LogP contribution in [0.15, 0.2) is 34.9 Å². The smallest absolute Gasteiger partial charge is 0.268 e. The van der Waals surface area contributed by atoms with Crippen molar-refractivity contribution in [3.8, 4) is 21.8 Å². The van der Waals surface area contributed by atoms with Crippen molar-refractivity contribution in [3.05, 3.63) is 46.7 Å². The minimum absolute atomic E-state index is 0.139. The Bertz CT molecular complexity index is 1180. The summed E-state index contributed by atoms with van der Waals surface area (Å²) in [5, 5.41) is 15.6. The Kier molecular flexibility index (Phi) is 4.67. The number of primary amides is 1. The number of nitrogens with zero attached hydrogens (tertiary/aromatic N) is 3. The number of aromatic nitrogens is 2. The lowest BCUT2D eigenvalue weighted by Gasteiger charge is -2.24. The Labute approximate surface area is 182 Å². The predicted octanol–water partition coefficient (Wildman–Crippen LogP) is 2.88. The molecule has 0 radical (unpaired) electrons. The molecule has 0 spiro atoms. The number of carbonyl (C=O) groups excluding carboxylic acids is 2. The average Bonchev–Trinajstić information content (AvgIpc) is 3.43. The summed E-state index contributed by atoms with van der Waals surface area (Å²) in [6.07, 6.45) is 3.53. The highest BCUT2D eigenvalue weighted by Crippen LogP contribution is 2.43. The SMILES string of the molecule is CN1CC[C@@](O)(c2cc(-c3cccc(-c4nc(C(N)=O)c(C5CCC5)s4)c3)no2)C1=O. The number of aliphatic hydroxyl groups is 1. The molecule has 2 amide bonds. The normalized spacial score (nSPS) is 21.5. The van der Waals surface area contributed by atoms with Gasteiger partial charge >= 0.3 is 0 Å². The first-order valence-electron chi connectivity index (χ1n) is 10.2. The zero-order valence-electron chi connectivity index (χ0n) is 17.0. The molecule has 3 N–H and O–H groups in total. The molecule has 3 heterocycles. The molecular weight excluding hydrogens is 416 g/mol. The number of likely N-dealkylation sites (N-methyl/N-ethyl adjacent to an activating group) is 1. The minimum atomic E-state index is -1.68. The van der Waals surface area contributed by atoms with Crippen molar-refractivity contribution in [1.82, 2.24) is 15.0 Å². The van der Waals surface area contributed by atoms with Crippen LogP contribution >= 0.6 is 11.3 Å². The lowest BCUT2D eigenvalue weighted by molar-refractivity contribution is -0.144. The first-order valence-corrected chi connectivity index (χ1v) is 11.0. The molecule has 5 rings (SSSR count). The first-order chi connectivity index (χ1) is 14.9. The third-order valence-electron chi connectivity index (χ3n) is 6.20. The van der Waals surface area contributed by atoms with E-state index in [0.29, 0.717) is 23.9 Å². The Balaban J connectivity index is 1.48. The molecule has 0 bridgehead atoms. The topological polar surface area (TPSA) is 123 Å². The molecule has 2 aliphatic rings. The van der Waals surface area contributed by atoms with E-state index in [0.717, 1.165) is 40.3 Å². The number of carbonyl (C=O) groups is 2. The molecule has 1 saturated carbocycles. The summed E-state index contributed by atoms with van der Waals surface area (Å²) in [7, 11) is 1.65. The van der Waals surface area contributed by atoms with Gasteiger partial charge in [-0.15, -0.1) is 11.3 Å². The maximum atomic E-state index is 12.3. The molecule has 1 atom stereocenters. The van der Waals surface area contributed by atoms with Gasteiger partial charge in [-0.2, -0.15) is 0 Å². The summed E-state index contributed by atoms with van der Waals surface area (Å²) in [4.78, 5) is 31.2. The van der Waals surface area contributed by atoms with Crippen LogP contribution in [-0.4, -0.2) is 45.6 Å². The van der Waals surface area contributed by atoms with Crippen molar-refractivity contribution in [2.75, 3.05) is 13.6 Å². The standard InChI is InChI=1S/C22H22N4O4S/c1-26-9-8-22(29,21(26)28)16-11-15(25-30-16)13-6-3-7-14(10-13)20-24-17(19(23)27)18(31-20)12-4-2-5-12/h3,6-7,10-12,29H,2,4-5,8-9H2,1H3,(H2,23,27)/t22-/m1/s1. The second-order valence-electron chi connectivity index (χ2n) is 8.22. The van der Waals surface area contributed by atoms with Gasteiger partial charge in [-0.3, -0.25) is 9.59 Å². The molecule has 9 heteroatoms. The van der Waals surface area contributed by atoms with Crippen molar-refractivity contribution in [2.45, 2.75) is 37.2 Å². The summed E-state index contributed by atoms with van der Waals surface area (Å²) in [6.45, 7) is 0.455. The summed E-state index contributed by atoms with van der Waals surface area (Å²) in [5.74, 6) is -0.395. The maximum absolute atomic E-state index is 12.3. The van der Waals surface area contributed by atoms with E-state index in [4.69, 9.17) is 10.3 Å². The molecule has 160 valence electrons. The van der Waals surface area contributed by atoms with Crippen LogP contribution in [-0.2, 0) is 10.4 Å². The lowest BCUT2D eigenvalue weighted by Crippen LogP contribution is -2.35. The summed E-state index contributed by atoms with van der Waals surface area (Å²) < 4.78 is 5.36. The Morgan fingerprint density at radius 1 is 1.32 bits per heavy atom. The Morgan fingerprint density at radius 3 is 2.74 bits per heavy atom. The average molecular weight is 439 g/mol. The fourth-order valence-electron chi connectivity index (χ4n) is 4.08. The largest absolute Gasteiger partial charge is 0.373 e. The van der Waals surface area contributed by atoms with Crippen LogP contribution in [0, 0.1) is 0 Å². The van der Waals surface area contributed by atoms with Gasteiger partial charge in [0.15, 0.2) is 5.76 Å². The Hall–Kier alpha value is -3.04. The molecule has 1 aromatic carbocycles. The number of benzene rings is 1. The van der Waals surface area contributed by atoms with Crippen LogP contribution in [0.2, 0.25) is 0 Å². The van der Waals surface area contributed by atoms with Crippen molar-refractivity contribution >= 4 is 23.2 Å². The molecule has 3 aromatic rings. The number of hydrogen-bond acceptors (Lipinski definition) is 7. The van der Waals surface area contributed by atoms with Gasteiger partial charge in [0.05, 0.1) is 0 Å². The highest BCUT2D eigenvalue weighted by atomic mass is 32.1. The number of nitrogens with two attached hydrogens (primary N) is 1. The zero-order chi connectivity index (χ0) is 21.8. The molecule has 2 fully saturated rings. The van der Waals surface area contributed by atoms with Crippen LogP contribution < -0.4 is 5.73 Å². The fraction of sp³-hybridized carbons (Fsp3) is 0.364. The van der Waals surface area contributed by atoms with Crippen molar-refractivity contribution in [3.63, 3.8) is 0 Å². The van der Waals surface area contributed by atoms with E-state index in [1.165, 1.54) is 16.2 Å². The van der Waals surface area contributed by atoms with Gasteiger partial charge in [0.25, 0.3) is 11.8 Å². The molecule has 31 heavy (non-hydrogen) atoms. The van der Waals surface area contributed by atoms with Crippen LogP contribution in [0.25, 0.3) is 21.8 Å². The van der Waals surface area contributed by atoms with E-state index in [-0.39, 0.29) is 12.2 Å². The number of amides is 2. The van der Waals surface area contributed by atoms with Crippen LogP contribution in [0.3, 0.4) is 0 Å². The lowest BCUT2D eigenvalue weighted by atomic mass is 9.83. The van der Waals surface area contributed by atoms with E-state index >= 15 is 0 Å². The highest BCUT2D eigenvalue weighted by Gasteiger charge is 2.48. The predicted molar refractivity (Wildman–Crippen MR) is 114 cm³/mol. The van der Waals surface area contributed by atoms with Crippen molar-refractivity contribution < 1.29 is 19.2 Å². The molecule has 8 nitrogen and oxygen atoms in total. The van der Waals surface area contributed by atoms with Gasteiger partial charge in [-0.25, -0.2) is 4.98 Å². The summed E-state index contributed by atoms with van der Waals surface area (Å²) in [5.41, 5.74) is 6.37. The quantitative estimate of drug-likeness (QED) is 0.631. The number of likely N-dealkylation sites (tertiary alicyclic amines) is 1. The fourth-order valence-corrected chi connectivity index (χ4v) is 5.31.